The second kappa shape index (κ2) is 4.84. The van der Waals surface area contributed by atoms with E-state index in [1.165, 1.54) is 5.57 Å². The molecule has 0 atom stereocenters. The Balaban J connectivity index is 2.55. The molecule has 4 heteroatoms. The fourth-order valence-corrected chi connectivity index (χ4v) is 1.89. The highest BCUT2D eigenvalue weighted by atomic mass is 79.9. The molecule has 0 aliphatic heterocycles. The van der Waals surface area contributed by atoms with Crippen molar-refractivity contribution in [1.82, 2.24) is 9.55 Å². The second-order valence-electron chi connectivity index (χ2n) is 4.15. The minimum absolute atomic E-state index is 0.000000000000000222. The van der Waals surface area contributed by atoms with Gasteiger partial charge in [-0.2, -0.15) is 0 Å². The molecule has 3 nitrogen and oxygen atoms in total. The van der Waals surface area contributed by atoms with Crippen molar-refractivity contribution in [3.63, 3.8) is 0 Å². The van der Waals surface area contributed by atoms with Crippen LogP contribution in [0.2, 0.25) is 0 Å². The lowest BCUT2D eigenvalue weighted by Gasteiger charge is -2.04. The van der Waals surface area contributed by atoms with E-state index in [2.05, 4.69) is 20.9 Å². The first-order valence-electron chi connectivity index (χ1n) is 5.36. The van der Waals surface area contributed by atoms with Gasteiger partial charge in [-0.05, 0) is 32.0 Å². The smallest absolute Gasteiger partial charge is 0.261 e. The molecule has 1 aromatic heterocycles. The standard InChI is InChI=1S/C13H13BrN2O/c1-9(2)5-6-16-8-15-12-7-10(14)3-4-11(12)13(16)17/h3-5,7-8H,6H2,1-2H3. The Bertz CT molecular complexity index is 639. The zero-order chi connectivity index (χ0) is 12.4. The van der Waals surface area contributed by atoms with E-state index >= 15 is 0 Å². The molecule has 1 aromatic carbocycles. The summed E-state index contributed by atoms with van der Waals surface area (Å²) >= 11 is 3.37. The molecule has 17 heavy (non-hydrogen) atoms. The summed E-state index contributed by atoms with van der Waals surface area (Å²) in [6.45, 7) is 4.59. The van der Waals surface area contributed by atoms with E-state index in [0.717, 1.165) is 9.99 Å². The van der Waals surface area contributed by atoms with Crippen LogP contribution in [0.25, 0.3) is 10.9 Å². The van der Waals surface area contributed by atoms with Crippen LogP contribution < -0.4 is 5.56 Å². The second-order valence-corrected chi connectivity index (χ2v) is 5.06. The van der Waals surface area contributed by atoms with Crippen molar-refractivity contribution >= 4 is 26.8 Å². The molecule has 0 bridgehead atoms. The van der Waals surface area contributed by atoms with Crippen LogP contribution in [0.4, 0.5) is 0 Å². The van der Waals surface area contributed by atoms with Crippen LogP contribution in [0.1, 0.15) is 13.8 Å². The lowest BCUT2D eigenvalue weighted by molar-refractivity contribution is 0.762. The van der Waals surface area contributed by atoms with E-state index in [0.29, 0.717) is 11.9 Å². The molecule has 1 heterocycles. The fourth-order valence-electron chi connectivity index (χ4n) is 1.54. The molecular formula is C13H13BrN2O. The van der Waals surface area contributed by atoms with Crippen molar-refractivity contribution in [3.8, 4) is 0 Å². The molecule has 0 amide bonds. The van der Waals surface area contributed by atoms with Crippen molar-refractivity contribution in [2.24, 2.45) is 0 Å². The molecule has 0 saturated carbocycles. The largest absolute Gasteiger partial charge is 0.295 e. The number of nitrogens with zero attached hydrogens (tertiary/aromatic N) is 2. The van der Waals surface area contributed by atoms with Gasteiger partial charge in [-0.1, -0.05) is 27.6 Å². The Labute approximate surface area is 108 Å². The number of allylic oxidation sites excluding steroid dienone is 2. The third-order valence-electron chi connectivity index (χ3n) is 2.48. The van der Waals surface area contributed by atoms with Crippen LogP contribution in [0, 0.1) is 0 Å². The van der Waals surface area contributed by atoms with Crippen molar-refractivity contribution < 1.29 is 0 Å². The summed E-state index contributed by atoms with van der Waals surface area (Å²) in [6, 6.07) is 5.51. The van der Waals surface area contributed by atoms with Gasteiger partial charge in [0.2, 0.25) is 0 Å². The maximum Gasteiger partial charge on any atom is 0.261 e. The third kappa shape index (κ3) is 2.64. The van der Waals surface area contributed by atoms with Crippen molar-refractivity contribution in [2.75, 3.05) is 0 Å². The van der Waals surface area contributed by atoms with Crippen molar-refractivity contribution in [1.29, 1.82) is 0 Å². The predicted octanol–water partition coefficient (Wildman–Crippen LogP) is 3.13. The molecule has 0 fully saturated rings. The van der Waals surface area contributed by atoms with Gasteiger partial charge in [0.05, 0.1) is 17.2 Å². The van der Waals surface area contributed by atoms with E-state index in [1.807, 2.05) is 32.1 Å². The Hall–Kier alpha value is -1.42. The molecule has 0 unspecified atom stereocenters. The van der Waals surface area contributed by atoms with E-state index < -0.39 is 0 Å². The maximum atomic E-state index is 12.1. The van der Waals surface area contributed by atoms with Crippen molar-refractivity contribution in [2.45, 2.75) is 20.4 Å². The first-order valence-corrected chi connectivity index (χ1v) is 6.15. The van der Waals surface area contributed by atoms with Crippen LogP contribution in [-0.2, 0) is 6.54 Å². The first kappa shape index (κ1) is 12.0. The Morgan fingerprint density at radius 2 is 2.24 bits per heavy atom. The molecule has 0 spiro atoms. The van der Waals surface area contributed by atoms with Crippen LogP contribution in [0.3, 0.4) is 0 Å². The summed E-state index contributed by atoms with van der Waals surface area (Å²) in [7, 11) is 0. The van der Waals surface area contributed by atoms with Gasteiger partial charge < -0.3 is 0 Å². The summed E-state index contributed by atoms with van der Waals surface area (Å²) in [4.78, 5) is 16.4. The normalized spacial score (nSPS) is 10.5. The average Bonchev–Trinajstić information content (AvgIpc) is 2.27. The maximum absolute atomic E-state index is 12.1. The minimum Gasteiger partial charge on any atom is -0.295 e. The quantitative estimate of drug-likeness (QED) is 0.797. The average molecular weight is 293 g/mol. The molecule has 0 radical (unpaired) electrons. The van der Waals surface area contributed by atoms with Gasteiger partial charge in [-0.3, -0.25) is 9.36 Å². The number of hydrogen-bond donors (Lipinski definition) is 0. The summed E-state index contributed by atoms with van der Waals surface area (Å²) in [6.07, 6.45) is 3.60. The lowest BCUT2D eigenvalue weighted by Crippen LogP contribution is -2.19. The zero-order valence-electron chi connectivity index (χ0n) is 9.77. The molecule has 2 rings (SSSR count). The van der Waals surface area contributed by atoms with Crippen LogP contribution >= 0.6 is 15.9 Å². The van der Waals surface area contributed by atoms with Crippen molar-refractivity contribution in [3.05, 3.63) is 51.0 Å². The molecule has 0 N–H and O–H groups in total. The van der Waals surface area contributed by atoms with E-state index in [-0.39, 0.29) is 5.56 Å². The SMILES string of the molecule is CC(C)=CCn1cnc2cc(Br)ccc2c1=O. The number of hydrogen-bond acceptors (Lipinski definition) is 2. The highest BCUT2D eigenvalue weighted by Crippen LogP contribution is 2.14. The highest BCUT2D eigenvalue weighted by molar-refractivity contribution is 9.10. The number of rotatable bonds is 2. The number of benzene rings is 1. The topological polar surface area (TPSA) is 34.9 Å². The lowest BCUT2D eigenvalue weighted by atomic mass is 10.2. The van der Waals surface area contributed by atoms with Gasteiger partial charge in [0, 0.05) is 11.0 Å². The predicted molar refractivity (Wildman–Crippen MR) is 73.1 cm³/mol. The Kier molecular flexibility index (Phi) is 3.43. The minimum atomic E-state index is 0.000000000000000222. The van der Waals surface area contributed by atoms with E-state index in [9.17, 15) is 4.79 Å². The van der Waals surface area contributed by atoms with E-state index in [4.69, 9.17) is 0 Å². The number of halogens is 1. The van der Waals surface area contributed by atoms with Gasteiger partial charge in [-0.15, -0.1) is 0 Å². The highest BCUT2D eigenvalue weighted by Gasteiger charge is 2.03. The summed E-state index contributed by atoms with van der Waals surface area (Å²) < 4.78 is 2.54. The summed E-state index contributed by atoms with van der Waals surface area (Å²) in [5.74, 6) is 0. The van der Waals surface area contributed by atoms with Crippen LogP contribution in [0.15, 0.2) is 45.4 Å². The zero-order valence-corrected chi connectivity index (χ0v) is 11.4. The Morgan fingerprint density at radius 1 is 1.47 bits per heavy atom. The molecule has 88 valence electrons. The third-order valence-corrected chi connectivity index (χ3v) is 2.98. The van der Waals surface area contributed by atoms with Gasteiger partial charge in [0.1, 0.15) is 0 Å². The molecule has 0 saturated heterocycles. The van der Waals surface area contributed by atoms with Gasteiger partial charge in [0.15, 0.2) is 0 Å². The van der Waals surface area contributed by atoms with Gasteiger partial charge in [0.25, 0.3) is 5.56 Å². The molecular weight excluding hydrogens is 280 g/mol. The molecule has 0 aliphatic carbocycles. The fraction of sp³-hybridized carbons (Fsp3) is 0.231. The molecule has 2 aromatic rings. The summed E-state index contributed by atoms with van der Waals surface area (Å²) in [5.41, 5.74) is 1.91. The molecule has 0 aliphatic rings. The monoisotopic (exact) mass is 292 g/mol. The number of fused-ring (bicyclic) bond motifs is 1. The van der Waals surface area contributed by atoms with E-state index in [1.54, 1.807) is 17.0 Å². The van der Waals surface area contributed by atoms with Gasteiger partial charge in [-0.25, -0.2) is 4.98 Å². The Morgan fingerprint density at radius 3 is 2.94 bits per heavy atom. The number of aromatic nitrogens is 2. The van der Waals surface area contributed by atoms with Crippen LogP contribution in [0.5, 0.6) is 0 Å². The van der Waals surface area contributed by atoms with Gasteiger partial charge >= 0.3 is 0 Å². The first-order chi connectivity index (χ1) is 8.08. The van der Waals surface area contributed by atoms with Crippen LogP contribution in [-0.4, -0.2) is 9.55 Å². The summed E-state index contributed by atoms with van der Waals surface area (Å²) in [5, 5.41) is 0.651.